The summed E-state index contributed by atoms with van der Waals surface area (Å²) in [6.07, 6.45) is 4.00. The molecule has 0 saturated carbocycles. The van der Waals surface area contributed by atoms with Crippen LogP contribution in [-0.2, 0) is 0 Å². The summed E-state index contributed by atoms with van der Waals surface area (Å²) in [5.41, 5.74) is 1.94. The van der Waals surface area contributed by atoms with E-state index in [1.807, 2.05) is 35.0 Å². The molecule has 2 aromatic heterocycles. The maximum absolute atomic E-state index is 11.5. The molecule has 0 spiro atoms. The van der Waals surface area contributed by atoms with Crippen LogP contribution in [0.3, 0.4) is 0 Å². The molecule has 3 rings (SSSR count). The number of pyridine rings is 1. The third-order valence-corrected chi connectivity index (χ3v) is 3.31. The minimum atomic E-state index is 0.258. The van der Waals surface area contributed by atoms with Crippen molar-refractivity contribution in [3.63, 3.8) is 0 Å². The molecule has 0 radical (unpaired) electrons. The molecule has 1 aliphatic rings. The minimum Gasteiger partial charge on any atom is -0.322 e. The summed E-state index contributed by atoms with van der Waals surface area (Å²) in [6, 6.07) is 5.92. The third kappa shape index (κ3) is 0.877. The van der Waals surface area contributed by atoms with E-state index >= 15 is 0 Å². The Morgan fingerprint density at radius 1 is 1.38 bits per heavy atom. The van der Waals surface area contributed by atoms with Gasteiger partial charge in [-0.2, -0.15) is 0 Å². The van der Waals surface area contributed by atoms with E-state index in [0.717, 1.165) is 16.0 Å². The van der Waals surface area contributed by atoms with Crippen LogP contribution in [0.4, 0.5) is 0 Å². The molecule has 0 aliphatic carbocycles. The monoisotopic (exact) mass is 189 g/mol. The van der Waals surface area contributed by atoms with Crippen molar-refractivity contribution in [2.45, 2.75) is 4.90 Å². The van der Waals surface area contributed by atoms with Crippen LogP contribution in [0.1, 0.15) is 10.4 Å². The van der Waals surface area contributed by atoms with E-state index in [9.17, 15) is 4.79 Å². The molecule has 2 nitrogen and oxygen atoms in total. The maximum Gasteiger partial charge on any atom is 0.176 e. The van der Waals surface area contributed by atoms with Gasteiger partial charge in [-0.25, -0.2) is 0 Å². The quantitative estimate of drug-likeness (QED) is 0.633. The van der Waals surface area contributed by atoms with Crippen molar-refractivity contribution >= 4 is 23.1 Å². The second kappa shape index (κ2) is 2.39. The van der Waals surface area contributed by atoms with Gasteiger partial charge in [-0.15, -0.1) is 11.8 Å². The number of rotatable bonds is 0. The number of hydrogen-bond acceptors (Lipinski definition) is 2. The molecule has 0 bridgehead atoms. The fraction of sp³-hybridized carbons (Fsp3) is 0.100. The Balaban J connectivity index is 2.46. The molecule has 13 heavy (non-hydrogen) atoms. The van der Waals surface area contributed by atoms with Gasteiger partial charge in [0.1, 0.15) is 0 Å². The van der Waals surface area contributed by atoms with Gasteiger partial charge in [0.15, 0.2) is 5.78 Å². The summed E-state index contributed by atoms with van der Waals surface area (Å²) in [5.74, 6) is 0.865. The van der Waals surface area contributed by atoms with Crippen molar-refractivity contribution in [1.29, 1.82) is 0 Å². The van der Waals surface area contributed by atoms with Gasteiger partial charge in [0.25, 0.3) is 0 Å². The zero-order valence-corrected chi connectivity index (χ0v) is 7.67. The summed E-state index contributed by atoms with van der Waals surface area (Å²) in [5, 5.41) is 0. The number of carbonyl (C=O) groups is 1. The van der Waals surface area contributed by atoms with Crippen LogP contribution in [0.2, 0.25) is 0 Å². The second-order valence-corrected chi connectivity index (χ2v) is 4.09. The van der Waals surface area contributed by atoms with Crippen molar-refractivity contribution in [3.05, 3.63) is 36.2 Å². The van der Waals surface area contributed by atoms with E-state index < -0.39 is 0 Å². The largest absolute Gasteiger partial charge is 0.322 e. The molecule has 64 valence electrons. The van der Waals surface area contributed by atoms with Crippen LogP contribution in [0.15, 0.2) is 35.5 Å². The maximum atomic E-state index is 11.5. The molecule has 2 aromatic rings. The van der Waals surface area contributed by atoms with Gasteiger partial charge in [0, 0.05) is 17.3 Å². The van der Waals surface area contributed by atoms with Crippen molar-refractivity contribution in [3.8, 4) is 0 Å². The molecule has 0 unspecified atom stereocenters. The Bertz CT molecular complexity index is 501. The molecule has 0 N–H and O–H groups in total. The summed E-state index contributed by atoms with van der Waals surface area (Å²) in [6.45, 7) is 0. The first-order valence-corrected chi connectivity index (χ1v) is 5.10. The van der Waals surface area contributed by atoms with Crippen molar-refractivity contribution in [2.24, 2.45) is 0 Å². The highest BCUT2D eigenvalue weighted by Gasteiger charge is 2.24. The van der Waals surface area contributed by atoms with Gasteiger partial charge in [0.2, 0.25) is 0 Å². The highest BCUT2D eigenvalue weighted by molar-refractivity contribution is 8.00. The van der Waals surface area contributed by atoms with E-state index in [0.29, 0.717) is 5.75 Å². The normalized spacial score (nSPS) is 15.2. The van der Waals surface area contributed by atoms with E-state index in [1.54, 1.807) is 11.8 Å². The molecular formula is C10H7NOS. The van der Waals surface area contributed by atoms with Crippen molar-refractivity contribution in [1.82, 2.24) is 4.40 Å². The van der Waals surface area contributed by atoms with Crippen LogP contribution < -0.4 is 0 Å². The number of carbonyl (C=O) groups excluding carboxylic acids is 1. The van der Waals surface area contributed by atoms with Gasteiger partial charge >= 0.3 is 0 Å². The zero-order chi connectivity index (χ0) is 8.84. The predicted octanol–water partition coefficient (Wildman–Crippen LogP) is 2.23. The molecular weight excluding hydrogens is 182 g/mol. The van der Waals surface area contributed by atoms with Gasteiger partial charge in [-0.3, -0.25) is 4.79 Å². The lowest BCUT2D eigenvalue weighted by Gasteiger charge is -1.94. The highest BCUT2D eigenvalue weighted by Crippen LogP contribution is 2.34. The van der Waals surface area contributed by atoms with Gasteiger partial charge in [-0.1, -0.05) is 6.07 Å². The van der Waals surface area contributed by atoms with Crippen LogP contribution in [0.25, 0.3) is 5.52 Å². The fourth-order valence-corrected chi connectivity index (χ4v) is 2.68. The lowest BCUT2D eigenvalue weighted by Crippen LogP contribution is -1.95. The van der Waals surface area contributed by atoms with E-state index in [1.165, 1.54) is 0 Å². The summed E-state index contributed by atoms with van der Waals surface area (Å²) in [4.78, 5) is 12.6. The van der Waals surface area contributed by atoms with Gasteiger partial charge < -0.3 is 4.40 Å². The number of hydrogen-bond donors (Lipinski definition) is 0. The molecule has 0 amide bonds. The Morgan fingerprint density at radius 3 is 3.23 bits per heavy atom. The molecule has 0 saturated heterocycles. The summed E-state index contributed by atoms with van der Waals surface area (Å²) < 4.78 is 2.01. The van der Waals surface area contributed by atoms with E-state index in [-0.39, 0.29) is 5.78 Å². The third-order valence-electron chi connectivity index (χ3n) is 2.29. The molecule has 0 atom stereocenters. The number of nitrogens with zero attached hydrogens (tertiary/aromatic N) is 1. The first kappa shape index (κ1) is 7.21. The van der Waals surface area contributed by atoms with Crippen LogP contribution in [0, 0.1) is 0 Å². The Hall–Kier alpha value is -1.22. The SMILES string of the molecule is O=C1CSc2cn3ccccc3c21. The number of fused-ring (bicyclic) bond motifs is 3. The molecule has 0 aromatic carbocycles. The zero-order valence-electron chi connectivity index (χ0n) is 6.86. The summed E-state index contributed by atoms with van der Waals surface area (Å²) in [7, 11) is 0. The Morgan fingerprint density at radius 2 is 2.31 bits per heavy atom. The lowest BCUT2D eigenvalue weighted by atomic mass is 10.2. The van der Waals surface area contributed by atoms with E-state index in [2.05, 4.69) is 0 Å². The van der Waals surface area contributed by atoms with E-state index in [4.69, 9.17) is 0 Å². The van der Waals surface area contributed by atoms with Crippen LogP contribution in [0.5, 0.6) is 0 Å². The number of ketones is 1. The minimum absolute atomic E-state index is 0.258. The smallest absolute Gasteiger partial charge is 0.176 e. The van der Waals surface area contributed by atoms with Crippen LogP contribution >= 0.6 is 11.8 Å². The lowest BCUT2D eigenvalue weighted by molar-refractivity contribution is 0.102. The average molecular weight is 189 g/mol. The predicted molar refractivity (Wildman–Crippen MR) is 52.5 cm³/mol. The molecule has 3 heteroatoms. The first-order chi connectivity index (χ1) is 6.36. The number of Topliss-reactive ketones (excluding diaryl/α,β-unsaturated/α-hetero) is 1. The van der Waals surface area contributed by atoms with Crippen molar-refractivity contribution in [2.75, 3.05) is 5.75 Å². The summed E-state index contributed by atoms with van der Waals surface area (Å²) >= 11 is 1.63. The molecule has 1 aliphatic heterocycles. The van der Waals surface area contributed by atoms with Crippen LogP contribution in [-0.4, -0.2) is 15.9 Å². The average Bonchev–Trinajstić information content (AvgIpc) is 2.66. The molecule has 0 fully saturated rings. The van der Waals surface area contributed by atoms with Crippen molar-refractivity contribution < 1.29 is 4.79 Å². The Labute approximate surface area is 79.6 Å². The number of thioether (sulfide) groups is 1. The standard InChI is InChI=1S/C10H7NOS/c12-8-6-13-9-5-11-4-2-1-3-7(11)10(8)9/h1-5H,6H2. The molecule has 3 heterocycles. The van der Waals surface area contributed by atoms with Gasteiger partial charge in [-0.05, 0) is 12.1 Å². The first-order valence-electron chi connectivity index (χ1n) is 4.12. The number of aromatic nitrogens is 1. The fourth-order valence-electron chi connectivity index (χ4n) is 1.70. The second-order valence-electron chi connectivity index (χ2n) is 3.07. The highest BCUT2D eigenvalue weighted by atomic mass is 32.2. The van der Waals surface area contributed by atoms with Gasteiger partial charge in [0.05, 0.1) is 16.8 Å². The topological polar surface area (TPSA) is 21.5 Å². The Kier molecular flexibility index (Phi) is 1.32.